The van der Waals surface area contributed by atoms with Crippen LogP contribution in [0.25, 0.3) is 0 Å². The maximum Gasteiger partial charge on any atom is 0.244 e. The molecule has 3 N–H and O–H groups in total. The van der Waals surface area contributed by atoms with Gasteiger partial charge in [-0.1, -0.05) is 65.0 Å². The third kappa shape index (κ3) is 19.2. The van der Waals surface area contributed by atoms with Gasteiger partial charge in [0.25, 0.3) is 0 Å². The fourth-order valence-electron chi connectivity index (χ4n) is 2.78. The van der Waals surface area contributed by atoms with Crippen LogP contribution in [0.2, 0.25) is 0 Å². The van der Waals surface area contributed by atoms with Gasteiger partial charge in [0.1, 0.15) is 0 Å². The van der Waals surface area contributed by atoms with Crippen molar-refractivity contribution in [2.75, 3.05) is 53.1 Å². The number of hydrogen-bond donors (Lipinski definition) is 3. The molecule has 2 amide bonds. The first-order valence-electron chi connectivity index (χ1n) is 12.1. The minimum Gasteiger partial charge on any atom is -0.383 e. The normalized spacial score (nSPS) is 13.5. The van der Waals surface area contributed by atoms with Gasteiger partial charge in [0, 0.05) is 45.6 Å². The minimum atomic E-state index is -0.549. The lowest BCUT2D eigenvalue weighted by atomic mass is 10.1. The number of ether oxygens (including phenoxy) is 2. The highest BCUT2D eigenvalue weighted by Crippen LogP contribution is 2.03. The number of methoxy groups -OCH3 is 1. The van der Waals surface area contributed by atoms with Gasteiger partial charge in [-0.3, -0.25) is 19.7 Å². The molecule has 0 aliphatic carbocycles. The average Bonchev–Trinajstić information content (AvgIpc) is 2.89. The van der Waals surface area contributed by atoms with E-state index in [0.29, 0.717) is 6.54 Å². The summed E-state index contributed by atoms with van der Waals surface area (Å²) in [5.74, 6) is -1.16. The van der Waals surface area contributed by atoms with Crippen LogP contribution in [0.3, 0.4) is 0 Å². The van der Waals surface area contributed by atoms with Crippen LogP contribution >= 0.6 is 0 Å². The van der Waals surface area contributed by atoms with Crippen molar-refractivity contribution in [3.63, 3.8) is 0 Å². The van der Waals surface area contributed by atoms with Crippen molar-refractivity contribution in [3.05, 3.63) is 35.9 Å². The lowest BCUT2D eigenvalue weighted by molar-refractivity contribution is -0.134. The number of rotatable bonds is 10. The zero-order chi connectivity index (χ0) is 25.3. The first kappa shape index (κ1) is 33.2. The van der Waals surface area contributed by atoms with Crippen molar-refractivity contribution < 1.29 is 24.3 Å². The number of morpholine rings is 1. The zero-order valence-corrected chi connectivity index (χ0v) is 21.6. The summed E-state index contributed by atoms with van der Waals surface area (Å²) in [5.41, 5.74) is 2.76. The predicted octanol–water partition coefficient (Wildman–Crippen LogP) is 3.28. The number of hydroxylamine groups is 1. The summed E-state index contributed by atoms with van der Waals surface area (Å²) in [6.07, 6.45) is 1.75. The summed E-state index contributed by atoms with van der Waals surface area (Å²) in [6.45, 7) is 16.0. The van der Waals surface area contributed by atoms with E-state index in [1.165, 1.54) is 11.0 Å². The molecule has 0 aromatic heterocycles. The van der Waals surface area contributed by atoms with Gasteiger partial charge in [-0.2, -0.15) is 0 Å². The smallest absolute Gasteiger partial charge is 0.244 e. The van der Waals surface area contributed by atoms with Gasteiger partial charge in [0.2, 0.25) is 11.8 Å². The number of benzene rings is 1. The predicted molar refractivity (Wildman–Crippen MR) is 133 cm³/mol. The Balaban J connectivity index is 0. The summed E-state index contributed by atoms with van der Waals surface area (Å²) < 4.78 is 10.2. The number of nitrogens with zero attached hydrogens (tertiary/aromatic N) is 1. The number of hydrogen-bond acceptors (Lipinski definition) is 6. The molecular formula is C25H47N3O5. The third-order valence-corrected chi connectivity index (χ3v) is 4.56. The molecule has 2 rings (SSSR count). The number of carbonyl (C=O) groups excluding carboxylic acids is 2. The highest BCUT2D eigenvalue weighted by molar-refractivity contribution is 5.84. The maximum atomic E-state index is 11.6. The molecule has 8 nitrogen and oxygen atoms in total. The molecule has 0 bridgehead atoms. The van der Waals surface area contributed by atoms with Crippen LogP contribution in [0.4, 0.5) is 0 Å². The first-order chi connectivity index (χ1) is 16.1. The van der Waals surface area contributed by atoms with Gasteiger partial charge in [-0.05, 0) is 18.4 Å². The van der Waals surface area contributed by atoms with Gasteiger partial charge >= 0.3 is 0 Å². The van der Waals surface area contributed by atoms with E-state index in [1.54, 1.807) is 14.0 Å². The lowest BCUT2D eigenvalue weighted by Gasteiger charge is -2.25. The fourth-order valence-corrected chi connectivity index (χ4v) is 2.78. The molecule has 1 aliphatic rings. The van der Waals surface area contributed by atoms with Crippen LogP contribution < -0.4 is 10.8 Å². The van der Waals surface area contributed by atoms with Crippen molar-refractivity contribution in [2.24, 2.45) is 5.92 Å². The number of aryl methyl sites for hydroxylation is 1. The molecule has 0 unspecified atom stereocenters. The van der Waals surface area contributed by atoms with E-state index in [2.05, 4.69) is 22.3 Å². The molecule has 0 saturated carbocycles. The Hall–Kier alpha value is -2.00. The Labute approximate surface area is 201 Å². The summed E-state index contributed by atoms with van der Waals surface area (Å²) in [6, 6.07) is 10.1. The SMILES string of the molecule is CC.CC.COCCN1CCOCC1.C[C@H](CC(=O)NO)C(=O)NCCCc1ccccc1. The van der Waals surface area contributed by atoms with Crippen LogP contribution in [0.1, 0.15) is 53.0 Å². The molecular weight excluding hydrogens is 422 g/mol. The monoisotopic (exact) mass is 469 g/mol. The first-order valence-corrected chi connectivity index (χ1v) is 12.1. The topological polar surface area (TPSA) is 100 Å². The van der Waals surface area contributed by atoms with Crippen molar-refractivity contribution >= 4 is 11.8 Å². The molecule has 1 fully saturated rings. The fraction of sp³-hybridized carbons (Fsp3) is 0.680. The summed E-state index contributed by atoms with van der Waals surface area (Å²) in [5, 5.41) is 11.2. The molecule has 1 aromatic rings. The zero-order valence-electron chi connectivity index (χ0n) is 21.6. The van der Waals surface area contributed by atoms with E-state index in [1.807, 2.05) is 45.9 Å². The maximum absolute atomic E-state index is 11.6. The van der Waals surface area contributed by atoms with Gasteiger partial charge in [-0.25, -0.2) is 5.48 Å². The van der Waals surface area contributed by atoms with Gasteiger partial charge < -0.3 is 14.8 Å². The van der Waals surface area contributed by atoms with Crippen LogP contribution in [-0.4, -0.2) is 75.0 Å². The Bertz CT molecular complexity index is 566. The summed E-state index contributed by atoms with van der Waals surface area (Å²) in [4.78, 5) is 24.9. The number of nitrogens with one attached hydrogen (secondary N) is 2. The number of amides is 2. The van der Waals surface area contributed by atoms with Crippen LogP contribution in [0.5, 0.6) is 0 Å². The van der Waals surface area contributed by atoms with E-state index < -0.39 is 11.8 Å². The third-order valence-electron chi connectivity index (χ3n) is 4.56. The van der Waals surface area contributed by atoms with Crippen LogP contribution in [0.15, 0.2) is 30.3 Å². The second-order valence-corrected chi connectivity index (χ2v) is 6.97. The number of carbonyl (C=O) groups is 2. The molecule has 192 valence electrons. The molecule has 33 heavy (non-hydrogen) atoms. The Morgan fingerprint density at radius 1 is 1.12 bits per heavy atom. The highest BCUT2D eigenvalue weighted by Gasteiger charge is 2.15. The molecule has 1 atom stereocenters. The highest BCUT2D eigenvalue weighted by atomic mass is 16.5. The lowest BCUT2D eigenvalue weighted by Crippen LogP contribution is -2.38. The largest absolute Gasteiger partial charge is 0.383 e. The van der Waals surface area contributed by atoms with Crippen molar-refractivity contribution in [3.8, 4) is 0 Å². The van der Waals surface area contributed by atoms with Crippen LogP contribution in [0, 0.1) is 5.92 Å². The Morgan fingerprint density at radius 3 is 2.27 bits per heavy atom. The molecule has 1 saturated heterocycles. The summed E-state index contributed by atoms with van der Waals surface area (Å²) >= 11 is 0. The second-order valence-electron chi connectivity index (χ2n) is 6.97. The van der Waals surface area contributed by atoms with E-state index in [-0.39, 0.29) is 12.3 Å². The molecule has 0 spiro atoms. The van der Waals surface area contributed by atoms with Crippen molar-refractivity contribution in [1.82, 2.24) is 15.7 Å². The van der Waals surface area contributed by atoms with E-state index >= 15 is 0 Å². The Morgan fingerprint density at radius 2 is 1.73 bits per heavy atom. The van der Waals surface area contributed by atoms with E-state index in [4.69, 9.17) is 14.7 Å². The molecule has 1 heterocycles. The summed E-state index contributed by atoms with van der Waals surface area (Å²) in [7, 11) is 1.74. The molecule has 1 aromatic carbocycles. The van der Waals surface area contributed by atoms with Gasteiger partial charge in [-0.15, -0.1) is 0 Å². The molecule has 0 radical (unpaired) electrons. The minimum absolute atomic E-state index is 0.0129. The van der Waals surface area contributed by atoms with E-state index in [0.717, 1.165) is 52.3 Å². The molecule has 1 aliphatic heterocycles. The Kier molecular flexibility index (Phi) is 24.8. The van der Waals surface area contributed by atoms with Crippen LogP contribution in [-0.2, 0) is 25.5 Å². The quantitative estimate of drug-likeness (QED) is 0.276. The van der Waals surface area contributed by atoms with Gasteiger partial charge in [0.05, 0.1) is 19.8 Å². The van der Waals surface area contributed by atoms with E-state index in [9.17, 15) is 9.59 Å². The average molecular weight is 470 g/mol. The van der Waals surface area contributed by atoms with Gasteiger partial charge in [0.15, 0.2) is 0 Å². The van der Waals surface area contributed by atoms with Crippen molar-refractivity contribution in [1.29, 1.82) is 0 Å². The van der Waals surface area contributed by atoms with Crippen molar-refractivity contribution in [2.45, 2.75) is 53.9 Å². The second kappa shape index (κ2) is 24.6. The molecule has 8 heteroatoms. The standard InChI is InChI=1S/C14H20N2O3.C7H15NO2.2C2H6/c1-11(10-13(17)16-19)14(18)15-9-5-8-12-6-3-2-4-7-12;1-9-5-2-8-3-6-10-7-4-8;2*1-2/h2-4,6-7,11,19H,5,8-10H2,1H3,(H,15,18)(H,16,17);2-7H2,1H3;2*1-2H3/t11-;;;/m1.../s1.